The largest absolute Gasteiger partial charge is 0.494 e. The van der Waals surface area contributed by atoms with Gasteiger partial charge in [0.2, 0.25) is 21.8 Å². The van der Waals surface area contributed by atoms with Crippen LogP contribution < -0.4 is 15.0 Å². The summed E-state index contributed by atoms with van der Waals surface area (Å²) in [5.74, 6) is 0.131. The third kappa shape index (κ3) is 5.99. The fourth-order valence-corrected chi connectivity index (χ4v) is 6.92. The van der Waals surface area contributed by atoms with E-state index in [-0.39, 0.29) is 34.9 Å². The summed E-state index contributed by atoms with van der Waals surface area (Å²) in [6.07, 6.45) is 2.96. The van der Waals surface area contributed by atoms with Crippen LogP contribution in [0.4, 0.5) is 11.4 Å². The third-order valence-corrected chi connectivity index (χ3v) is 9.08. The van der Waals surface area contributed by atoms with Crippen molar-refractivity contribution in [2.45, 2.75) is 54.6 Å². The summed E-state index contributed by atoms with van der Waals surface area (Å²) in [6.45, 7) is 5.19. The molecule has 4 rings (SSSR count). The Bertz CT molecular complexity index is 1180. The fraction of sp³-hybridized carbons (Fsp3) is 0.440. The summed E-state index contributed by atoms with van der Waals surface area (Å²) in [6, 6.07) is 11.9. The first-order chi connectivity index (χ1) is 16.8. The minimum atomic E-state index is -3.67. The molecule has 2 heterocycles. The van der Waals surface area contributed by atoms with Crippen molar-refractivity contribution >= 4 is 45.0 Å². The maximum Gasteiger partial charge on any atom is 0.244 e. The number of anilines is 2. The highest BCUT2D eigenvalue weighted by Crippen LogP contribution is 2.39. The number of nitrogens with one attached hydrogen (secondary N) is 1. The van der Waals surface area contributed by atoms with E-state index in [1.165, 1.54) is 21.0 Å². The number of nitrogens with zero attached hydrogens (tertiary/aromatic N) is 2. The molecule has 188 valence electrons. The van der Waals surface area contributed by atoms with Gasteiger partial charge in [0.25, 0.3) is 0 Å². The van der Waals surface area contributed by atoms with Gasteiger partial charge in [0.1, 0.15) is 12.3 Å². The van der Waals surface area contributed by atoms with Crippen molar-refractivity contribution in [1.82, 2.24) is 4.31 Å². The fourth-order valence-electron chi connectivity index (χ4n) is 4.29. The number of carbonyl (C=O) groups excluding carboxylic acids is 2. The molecule has 1 N–H and O–H groups in total. The van der Waals surface area contributed by atoms with Crippen molar-refractivity contribution in [2.24, 2.45) is 0 Å². The van der Waals surface area contributed by atoms with Crippen LogP contribution in [0.3, 0.4) is 0 Å². The van der Waals surface area contributed by atoms with Gasteiger partial charge < -0.3 is 15.0 Å². The van der Waals surface area contributed by atoms with Crippen LogP contribution in [0.5, 0.6) is 5.75 Å². The summed E-state index contributed by atoms with van der Waals surface area (Å²) < 4.78 is 33.5. The molecule has 2 aliphatic heterocycles. The van der Waals surface area contributed by atoms with Crippen LogP contribution in [0, 0.1) is 0 Å². The summed E-state index contributed by atoms with van der Waals surface area (Å²) >= 11 is 1.52. The van der Waals surface area contributed by atoms with Crippen LogP contribution in [0.1, 0.15) is 39.5 Å². The van der Waals surface area contributed by atoms with Gasteiger partial charge in [0.05, 0.1) is 17.2 Å². The van der Waals surface area contributed by atoms with Crippen LogP contribution in [0.2, 0.25) is 0 Å². The number of benzene rings is 2. The number of sulfonamides is 1. The first-order valence-corrected chi connectivity index (χ1v) is 14.2. The van der Waals surface area contributed by atoms with Gasteiger partial charge in [-0.3, -0.25) is 9.59 Å². The molecule has 2 aromatic rings. The molecular weight excluding hydrogens is 486 g/mol. The van der Waals surface area contributed by atoms with Gasteiger partial charge in [-0.1, -0.05) is 13.3 Å². The van der Waals surface area contributed by atoms with Gasteiger partial charge in [-0.2, -0.15) is 4.31 Å². The van der Waals surface area contributed by atoms with Gasteiger partial charge >= 0.3 is 0 Å². The van der Waals surface area contributed by atoms with Gasteiger partial charge in [-0.05, 0) is 62.2 Å². The van der Waals surface area contributed by atoms with E-state index in [9.17, 15) is 18.0 Å². The second-order valence-corrected chi connectivity index (χ2v) is 12.1. The zero-order valence-corrected chi connectivity index (χ0v) is 21.7. The second kappa shape index (κ2) is 11.0. The lowest BCUT2D eigenvalue weighted by Crippen LogP contribution is -2.39. The molecule has 10 heteroatoms. The van der Waals surface area contributed by atoms with Crippen LogP contribution in [0.15, 0.2) is 52.3 Å². The molecule has 0 radical (unpaired) electrons. The normalized spacial score (nSPS) is 19.1. The van der Waals surface area contributed by atoms with E-state index in [2.05, 4.69) is 5.32 Å². The number of ether oxygens (including phenoxy) is 1. The van der Waals surface area contributed by atoms with Gasteiger partial charge in [0.15, 0.2) is 0 Å². The minimum Gasteiger partial charge on any atom is -0.494 e. The van der Waals surface area contributed by atoms with Crippen LogP contribution in [0.25, 0.3) is 0 Å². The highest BCUT2D eigenvalue weighted by Gasteiger charge is 2.31. The molecule has 0 bridgehead atoms. The monoisotopic (exact) mass is 517 g/mol. The Morgan fingerprint density at radius 3 is 2.51 bits per heavy atom. The minimum absolute atomic E-state index is 0.00460. The van der Waals surface area contributed by atoms with Crippen molar-refractivity contribution in [3.63, 3.8) is 0 Å². The molecular formula is C25H31N3O5S2. The maximum atomic E-state index is 13.3. The van der Waals surface area contributed by atoms with Gasteiger partial charge in [0, 0.05) is 35.3 Å². The molecule has 0 aromatic heterocycles. The molecule has 2 aromatic carbocycles. The molecule has 1 atom stereocenters. The topological polar surface area (TPSA) is 96.0 Å². The Balaban J connectivity index is 1.59. The van der Waals surface area contributed by atoms with Crippen molar-refractivity contribution in [1.29, 1.82) is 0 Å². The van der Waals surface area contributed by atoms with Crippen molar-refractivity contribution in [3.8, 4) is 5.75 Å². The van der Waals surface area contributed by atoms with Gasteiger partial charge in [-0.25, -0.2) is 8.42 Å². The van der Waals surface area contributed by atoms with Crippen molar-refractivity contribution < 1.29 is 22.7 Å². The van der Waals surface area contributed by atoms with Crippen molar-refractivity contribution in [2.75, 3.05) is 36.5 Å². The van der Waals surface area contributed by atoms with E-state index in [1.54, 1.807) is 42.5 Å². The average Bonchev–Trinajstić information content (AvgIpc) is 2.95. The Morgan fingerprint density at radius 1 is 1.11 bits per heavy atom. The maximum absolute atomic E-state index is 13.3. The molecule has 1 saturated heterocycles. The Kier molecular flexibility index (Phi) is 8.03. The molecule has 0 saturated carbocycles. The Labute approximate surface area is 211 Å². The molecule has 35 heavy (non-hydrogen) atoms. The number of carbonyl (C=O) groups is 2. The van der Waals surface area contributed by atoms with Crippen LogP contribution >= 0.6 is 11.8 Å². The predicted molar refractivity (Wildman–Crippen MR) is 138 cm³/mol. The van der Waals surface area contributed by atoms with E-state index < -0.39 is 10.0 Å². The zero-order chi connectivity index (χ0) is 25.0. The zero-order valence-electron chi connectivity index (χ0n) is 20.0. The number of hydrogen-bond acceptors (Lipinski definition) is 6. The number of piperidine rings is 1. The van der Waals surface area contributed by atoms with Crippen LogP contribution in [-0.4, -0.2) is 56.0 Å². The third-order valence-electron chi connectivity index (χ3n) is 6.02. The number of hydrogen-bond donors (Lipinski definition) is 1. The second-order valence-electron chi connectivity index (χ2n) is 8.71. The summed E-state index contributed by atoms with van der Waals surface area (Å²) in [5, 5.41) is 2.82. The first-order valence-electron chi connectivity index (χ1n) is 11.9. The van der Waals surface area contributed by atoms with Crippen molar-refractivity contribution in [3.05, 3.63) is 42.5 Å². The molecule has 2 amide bonds. The smallest absolute Gasteiger partial charge is 0.244 e. The molecule has 0 aliphatic carbocycles. The van der Waals surface area contributed by atoms with E-state index in [4.69, 9.17) is 4.74 Å². The molecule has 0 spiro atoms. The quantitative estimate of drug-likeness (QED) is 0.594. The number of rotatable bonds is 7. The van der Waals surface area contributed by atoms with E-state index in [0.29, 0.717) is 36.8 Å². The number of thioether (sulfide) groups is 1. The lowest BCUT2D eigenvalue weighted by atomic mass is 10.2. The SMILES string of the molecule is CCOc1ccc(NC(=O)CN2C(=O)CC(C)Sc3ccc(S(=O)(=O)N4CCCCC4)cc32)cc1. The Morgan fingerprint density at radius 2 is 1.83 bits per heavy atom. The Hall–Kier alpha value is -2.56. The molecule has 8 nitrogen and oxygen atoms in total. The lowest BCUT2D eigenvalue weighted by molar-refractivity contribution is -0.121. The van der Waals surface area contributed by atoms with Crippen LogP contribution in [-0.2, 0) is 19.6 Å². The highest BCUT2D eigenvalue weighted by molar-refractivity contribution is 8.00. The average molecular weight is 518 g/mol. The van der Waals surface area contributed by atoms with E-state index in [0.717, 1.165) is 24.2 Å². The van der Waals surface area contributed by atoms with E-state index in [1.807, 2.05) is 13.8 Å². The predicted octanol–water partition coefficient (Wildman–Crippen LogP) is 4.12. The molecule has 1 fully saturated rings. The molecule has 2 aliphatic rings. The summed E-state index contributed by atoms with van der Waals surface area (Å²) in [7, 11) is -3.67. The van der Waals surface area contributed by atoms with E-state index >= 15 is 0 Å². The standard InChI is InChI=1S/C25H31N3O5S2/c1-3-33-20-9-7-19(8-10-20)26-24(29)17-28-22-16-21(35(31,32)27-13-5-4-6-14-27)11-12-23(22)34-18(2)15-25(28)30/h7-12,16,18H,3-6,13-15,17H2,1-2H3,(H,26,29). The summed E-state index contributed by atoms with van der Waals surface area (Å²) in [4.78, 5) is 28.4. The van der Waals surface area contributed by atoms with Gasteiger partial charge in [-0.15, -0.1) is 11.8 Å². The summed E-state index contributed by atoms with van der Waals surface area (Å²) in [5.41, 5.74) is 1.05. The highest BCUT2D eigenvalue weighted by atomic mass is 32.2. The lowest BCUT2D eigenvalue weighted by Gasteiger charge is -2.27. The number of amides is 2. The number of fused-ring (bicyclic) bond motifs is 1. The first kappa shape index (κ1) is 25.5. The molecule has 1 unspecified atom stereocenters.